The van der Waals surface area contributed by atoms with E-state index in [1.807, 2.05) is 87.4 Å². The van der Waals surface area contributed by atoms with Gasteiger partial charge in [-0.05, 0) is 43.7 Å². The van der Waals surface area contributed by atoms with Crippen molar-refractivity contribution in [3.8, 4) is 0 Å². The summed E-state index contributed by atoms with van der Waals surface area (Å²) >= 11 is 3.00. The van der Waals surface area contributed by atoms with Crippen molar-refractivity contribution in [2.45, 2.75) is 114 Å². The van der Waals surface area contributed by atoms with Crippen LogP contribution in [0.1, 0.15) is 109 Å². The van der Waals surface area contributed by atoms with Crippen molar-refractivity contribution in [3.63, 3.8) is 0 Å². The number of amides is 6. The lowest BCUT2D eigenvalue weighted by molar-refractivity contribution is -0.197. The van der Waals surface area contributed by atoms with E-state index in [9.17, 15) is 33.6 Å². The summed E-state index contributed by atoms with van der Waals surface area (Å²) in [5.41, 5.74) is 0. The van der Waals surface area contributed by atoms with Crippen LogP contribution in [0.3, 0.4) is 0 Å². The summed E-state index contributed by atoms with van der Waals surface area (Å²) in [5.74, 6) is -0.895. The molecule has 0 unspecified atom stereocenters. The lowest BCUT2D eigenvalue weighted by atomic mass is 10.4. The molecular weight excluding hydrogens is 762 g/mol. The van der Waals surface area contributed by atoms with Crippen LogP contribution in [0.4, 0.5) is 0 Å². The van der Waals surface area contributed by atoms with Gasteiger partial charge in [-0.2, -0.15) is 0 Å². The van der Waals surface area contributed by atoms with Crippen LogP contribution in [-0.2, 0) is 38.4 Å². The van der Waals surface area contributed by atoms with Crippen LogP contribution in [0, 0.1) is 0 Å². The van der Waals surface area contributed by atoms with E-state index in [4.69, 9.17) is 0 Å². The minimum atomic E-state index is -0.571. The Morgan fingerprint density at radius 1 is 0.804 bits per heavy atom. The molecule has 0 aromatic carbocycles. The molecule has 3 heterocycles. The topological polar surface area (TPSA) is 172 Å². The predicted octanol–water partition coefficient (Wildman–Crippen LogP) is 6.91. The second-order valence-electron chi connectivity index (χ2n) is 8.02. The number of alkyl halides is 1. The molecule has 1 aromatic rings. The Bertz CT molecular complexity index is 1080. The zero-order valence-electron chi connectivity index (χ0n) is 32.6. The van der Waals surface area contributed by atoms with Gasteiger partial charge in [-0.1, -0.05) is 95.1 Å². The van der Waals surface area contributed by atoms with Gasteiger partial charge in [0.2, 0.25) is 11.8 Å². The van der Waals surface area contributed by atoms with E-state index in [1.54, 1.807) is 41.6 Å². The van der Waals surface area contributed by atoms with Crippen molar-refractivity contribution < 1.29 is 38.4 Å². The molecule has 1 saturated heterocycles. The molecule has 1 aromatic heterocycles. The molecule has 0 bridgehead atoms. The monoisotopic (exact) mass is 823 g/mol. The molecule has 6 amide bonds. The molecule has 1 fully saturated rings. The molecule has 2 aliphatic rings. The first kappa shape index (κ1) is 57.1. The van der Waals surface area contributed by atoms with Gasteiger partial charge in [-0.15, -0.1) is 5.06 Å². The smallest absolute Gasteiger partial charge is 0.332 e. The van der Waals surface area contributed by atoms with Crippen LogP contribution in [-0.4, -0.2) is 87.1 Å². The fraction of sp³-hybridized carbons (Fsp3) is 0.600. The highest BCUT2D eigenvalue weighted by Gasteiger charge is 2.32. The van der Waals surface area contributed by atoms with Crippen molar-refractivity contribution in [1.29, 1.82) is 0 Å². The Labute approximate surface area is 322 Å². The molecule has 0 atom stereocenters. The molecule has 0 aliphatic carbocycles. The maximum atomic E-state index is 11.1. The van der Waals surface area contributed by atoms with Gasteiger partial charge in [0, 0.05) is 69.4 Å². The fourth-order valence-electron chi connectivity index (χ4n) is 2.73. The Morgan fingerprint density at radius 3 is 1.65 bits per heavy atom. The van der Waals surface area contributed by atoms with Gasteiger partial charge >= 0.3 is 5.97 Å². The first-order valence-corrected chi connectivity index (χ1v) is 20.9. The number of halogens is 1. The van der Waals surface area contributed by atoms with E-state index in [1.165, 1.54) is 17.1 Å². The van der Waals surface area contributed by atoms with E-state index in [-0.39, 0.29) is 42.9 Å². The number of aromatic nitrogens is 1. The number of likely N-dealkylation sites (N-methyl/N-ethyl adjacent to an activating group) is 1. The second kappa shape index (κ2) is 42.9. The van der Waals surface area contributed by atoms with Crippen molar-refractivity contribution in [1.82, 2.24) is 25.6 Å². The molecule has 0 spiro atoms. The maximum Gasteiger partial charge on any atom is 0.332 e. The number of hydrogen-bond donors (Lipinski definition) is 2. The quantitative estimate of drug-likeness (QED) is 0.103. The maximum absolute atomic E-state index is 11.1. The van der Waals surface area contributed by atoms with E-state index in [0.29, 0.717) is 36.4 Å². The third-order valence-electron chi connectivity index (χ3n) is 4.77. The SMILES string of the molecule is CC.CC.CC.CC.CCC(=O)ON1C(=O)CCC1=O.CCN1C(=O)C=CC1=O.CCNC(=O)CBr.CCNC(=O)CCSSc1ccccn1. The Hall–Kier alpha value is -3.24. The standard InChI is InChI=1S/C10H14N2OS2.C7H9NO4.C6H7NO2.C4H8BrNO.4C2H6/c1-2-11-9(13)6-8-14-15-10-5-3-4-7-12-10;1-2-7(11)12-8-5(9)3-4-6(8)10;1-2-7-5(8)3-4-6(7)9;1-2-6-4(7)3-5;4*1-2/h3-5,7H,2,6,8H2,1H3,(H,11,13);2-4H2,1H3;3-4H,2H2,1H3;2-3H2,1H3,(H,6,7);4*1-2H3. The van der Waals surface area contributed by atoms with Crippen molar-refractivity contribution in [3.05, 3.63) is 36.5 Å². The van der Waals surface area contributed by atoms with Gasteiger partial charge in [-0.3, -0.25) is 33.7 Å². The molecule has 0 saturated carbocycles. The average molecular weight is 825 g/mol. The molecule has 16 heteroatoms. The third-order valence-corrected chi connectivity index (χ3v) is 7.54. The van der Waals surface area contributed by atoms with Gasteiger partial charge in [0.1, 0.15) is 5.03 Å². The number of pyridine rings is 1. The highest BCUT2D eigenvalue weighted by atomic mass is 79.9. The molecule has 2 aliphatic heterocycles. The largest absolute Gasteiger partial charge is 0.356 e. The van der Waals surface area contributed by atoms with Crippen LogP contribution in [0.2, 0.25) is 0 Å². The minimum absolute atomic E-state index is 0.0440. The van der Waals surface area contributed by atoms with Gasteiger partial charge < -0.3 is 15.5 Å². The number of carbonyl (C=O) groups excluding carboxylic acids is 7. The van der Waals surface area contributed by atoms with E-state index >= 15 is 0 Å². The van der Waals surface area contributed by atoms with E-state index in [0.717, 1.165) is 10.8 Å². The zero-order valence-corrected chi connectivity index (χ0v) is 35.8. The van der Waals surface area contributed by atoms with Gasteiger partial charge in [0.05, 0.1) is 5.33 Å². The number of imide groups is 2. The number of hydroxylamine groups is 2. The molecule has 0 radical (unpaired) electrons. The van der Waals surface area contributed by atoms with Gasteiger partial charge in [0.25, 0.3) is 23.6 Å². The molecule has 294 valence electrons. The molecule has 13 nitrogen and oxygen atoms in total. The predicted molar refractivity (Wildman–Crippen MR) is 213 cm³/mol. The highest BCUT2D eigenvalue weighted by molar-refractivity contribution is 9.09. The molecule has 3 rings (SSSR count). The normalized spacial score (nSPS) is 11.6. The third kappa shape index (κ3) is 32.4. The second-order valence-corrected chi connectivity index (χ2v) is 11.0. The van der Waals surface area contributed by atoms with E-state index < -0.39 is 17.8 Å². The minimum Gasteiger partial charge on any atom is -0.356 e. The van der Waals surface area contributed by atoms with E-state index in [2.05, 4.69) is 36.4 Å². The summed E-state index contributed by atoms with van der Waals surface area (Å²) in [6.07, 6.45) is 5.32. The highest BCUT2D eigenvalue weighted by Crippen LogP contribution is 2.29. The van der Waals surface area contributed by atoms with Crippen molar-refractivity contribution in [2.75, 3.05) is 30.7 Å². The number of carbonyl (C=O) groups is 7. The molecular formula is C35H62BrN5O8S2. The number of nitrogens with zero attached hydrogens (tertiary/aromatic N) is 3. The average Bonchev–Trinajstić information content (AvgIpc) is 3.68. The lowest BCUT2D eigenvalue weighted by Gasteiger charge is -2.10. The summed E-state index contributed by atoms with van der Waals surface area (Å²) in [6.45, 7) is 25.1. The summed E-state index contributed by atoms with van der Waals surface area (Å²) in [5, 5.41) is 7.31. The van der Waals surface area contributed by atoms with Crippen molar-refractivity contribution >= 4 is 78.9 Å². The van der Waals surface area contributed by atoms with Crippen LogP contribution in [0.5, 0.6) is 0 Å². The number of rotatable bonds is 11. The van der Waals surface area contributed by atoms with Crippen LogP contribution in [0.25, 0.3) is 0 Å². The number of nitrogens with one attached hydrogen (secondary N) is 2. The summed E-state index contributed by atoms with van der Waals surface area (Å²) < 4.78 is 0. The van der Waals surface area contributed by atoms with Gasteiger partial charge in [0.15, 0.2) is 0 Å². The Morgan fingerprint density at radius 2 is 1.29 bits per heavy atom. The van der Waals surface area contributed by atoms with Crippen molar-refractivity contribution in [2.24, 2.45) is 0 Å². The Kier molecular flexibility index (Phi) is 48.1. The fourth-order valence-corrected chi connectivity index (χ4v) is 4.80. The summed E-state index contributed by atoms with van der Waals surface area (Å²) in [4.78, 5) is 84.9. The first-order chi connectivity index (χ1) is 24.5. The summed E-state index contributed by atoms with van der Waals surface area (Å²) in [7, 11) is 3.26. The van der Waals surface area contributed by atoms with Gasteiger partial charge in [-0.25, -0.2) is 9.78 Å². The lowest BCUT2D eigenvalue weighted by Crippen LogP contribution is -2.31. The zero-order chi connectivity index (χ0) is 40.6. The first-order valence-electron chi connectivity index (χ1n) is 17.4. The molecule has 2 N–H and O–H groups in total. The number of hydrogen-bond acceptors (Lipinski definition) is 11. The Balaban J connectivity index is -0.000000177. The molecule has 51 heavy (non-hydrogen) atoms. The summed E-state index contributed by atoms with van der Waals surface area (Å²) in [6, 6.07) is 5.81. The van der Waals surface area contributed by atoms with Crippen LogP contribution >= 0.6 is 37.5 Å². The van der Waals surface area contributed by atoms with Crippen LogP contribution in [0.15, 0.2) is 41.6 Å². The van der Waals surface area contributed by atoms with Crippen LogP contribution < -0.4 is 10.6 Å².